The van der Waals surface area contributed by atoms with Crippen molar-refractivity contribution < 1.29 is 9.60 Å². The largest absolute Gasteiger partial charge is 0.311 e. The number of benzene rings is 1. The normalized spacial score (nSPS) is 22.2. The summed E-state index contributed by atoms with van der Waals surface area (Å²) in [4.78, 5) is 13.6. The Morgan fingerprint density at radius 2 is 1.88 bits per heavy atom. The van der Waals surface area contributed by atoms with Crippen LogP contribution in [0.3, 0.4) is 0 Å². The van der Waals surface area contributed by atoms with Gasteiger partial charge in [-0.25, -0.2) is 0 Å². The van der Waals surface area contributed by atoms with Crippen LogP contribution in [-0.2, 0) is 4.79 Å². The van der Waals surface area contributed by atoms with E-state index in [4.69, 9.17) is 0 Å². The number of nitrogens with zero attached hydrogens (tertiary/aromatic N) is 2. The molecule has 0 radical (unpaired) electrons. The van der Waals surface area contributed by atoms with Gasteiger partial charge in [0.25, 0.3) is 5.69 Å². The van der Waals surface area contributed by atoms with Crippen LogP contribution in [0.2, 0.25) is 0 Å². The molecule has 2 aliphatic rings. The molecular formula is C12H14N3O+. The predicted octanol–water partition coefficient (Wildman–Crippen LogP) is 2.14. The minimum absolute atomic E-state index is 0.0499. The molecule has 1 N–H and O–H groups in total. The molecular weight excluding hydrogens is 202 g/mol. The van der Waals surface area contributed by atoms with Crippen molar-refractivity contribution in [3.05, 3.63) is 30.3 Å². The third-order valence-corrected chi connectivity index (χ3v) is 3.35. The van der Waals surface area contributed by atoms with Gasteiger partial charge in [-0.1, -0.05) is 36.5 Å². The second-order valence-corrected chi connectivity index (χ2v) is 4.43. The van der Waals surface area contributed by atoms with Crippen LogP contribution in [0.1, 0.15) is 25.7 Å². The van der Waals surface area contributed by atoms with Gasteiger partial charge < -0.3 is 0 Å². The van der Waals surface area contributed by atoms with Crippen molar-refractivity contribution in [3.63, 3.8) is 0 Å². The summed E-state index contributed by atoms with van der Waals surface area (Å²) in [5, 5.41) is 4.54. The van der Waals surface area contributed by atoms with Gasteiger partial charge in [0, 0.05) is 22.1 Å². The molecule has 1 fully saturated rings. The van der Waals surface area contributed by atoms with Gasteiger partial charge in [-0.3, -0.25) is 4.79 Å². The molecule has 0 aromatic heterocycles. The van der Waals surface area contributed by atoms with Crippen molar-refractivity contribution in [2.24, 2.45) is 5.11 Å². The fourth-order valence-corrected chi connectivity index (χ4v) is 2.44. The van der Waals surface area contributed by atoms with Crippen LogP contribution in [0, 0.1) is 0 Å². The Morgan fingerprint density at radius 1 is 1.19 bits per heavy atom. The molecule has 1 aliphatic heterocycles. The lowest BCUT2D eigenvalue weighted by molar-refractivity contribution is -0.551. The van der Waals surface area contributed by atoms with Gasteiger partial charge in [0.1, 0.15) is 0 Å². The summed E-state index contributed by atoms with van der Waals surface area (Å²) >= 11 is 0. The lowest BCUT2D eigenvalue weighted by atomic mass is 9.99. The summed E-state index contributed by atoms with van der Waals surface area (Å²) in [6, 6.07) is 9.72. The van der Waals surface area contributed by atoms with Crippen LogP contribution in [0.15, 0.2) is 35.4 Å². The summed E-state index contributed by atoms with van der Waals surface area (Å²) in [6.07, 6.45) is 3.95. The lowest BCUT2D eigenvalue weighted by Crippen LogP contribution is -2.37. The highest BCUT2D eigenvalue weighted by Crippen LogP contribution is 2.37. The van der Waals surface area contributed by atoms with E-state index in [1.807, 2.05) is 30.3 Å². The van der Waals surface area contributed by atoms with E-state index in [-0.39, 0.29) is 5.91 Å². The Bertz CT molecular complexity index is 447. The van der Waals surface area contributed by atoms with Crippen LogP contribution in [0.25, 0.3) is 0 Å². The fraction of sp³-hybridized carbons (Fsp3) is 0.417. The van der Waals surface area contributed by atoms with Gasteiger partial charge in [-0.2, -0.15) is 0 Å². The first-order valence-electron chi connectivity index (χ1n) is 5.69. The van der Waals surface area contributed by atoms with Gasteiger partial charge in [0.15, 0.2) is 0 Å². The second-order valence-electron chi connectivity index (χ2n) is 4.43. The first-order valence-corrected chi connectivity index (χ1v) is 5.69. The molecule has 1 aromatic carbocycles. The quantitative estimate of drug-likeness (QED) is 0.718. The Kier molecular flexibility index (Phi) is 2.02. The minimum atomic E-state index is -0.476. The van der Waals surface area contributed by atoms with E-state index in [1.54, 1.807) is 4.81 Å². The summed E-state index contributed by atoms with van der Waals surface area (Å²) in [5.74, 6) is 0.0499. The summed E-state index contributed by atoms with van der Waals surface area (Å²) < 4.78 is 0. The Labute approximate surface area is 93.9 Å². The average Bonchev–Trinajstić information content (AvgIpc) is 2.91. The summed E-state index contributed by atoms with van der Waals surface area (Å²) in [7, 11) is 0. The van der Waals surface area contributed by atoms with Gasteiger partial charge >= 0.3 is 5.91 Å². The molecule has 0 atom stereocenters. The van der Waals surface area contributed by atoms with Crippen molar-refractivity contribution in [3.8, 4) is 0 Å². The first kappa shape index (κ1) is 9.51. The maximum absolute atomic E-state index is 11.9. The molecule has 0 saturated heterocycles. The third-order valence-electron chi connectivity index (χ3n) is 3.35. The topological polar surface area (TPSA) is 44.5 Å². The molecule has 82 valence electrons. The van der Waals surface area contributed by atoms with Crippen molar-refractivity contribution in [1.29, 1.82) is 0 Å². The number of amides is 1. The molecule has 1 aromatic rings. The molecule has 1 aliphatic carbocycles. The zero-order valence-corrected chi connectivity index (χ0v) is 9.02. The van der Waals surface area contributed by atoms with Crippen molar-refractivity contribution in [2.75, 3.05) is 0 Å². The number of hydrogen-bond acceptors (Lipinski definition) is 2. The van der Waals surface area contributed by atoms with E-state index in [9.17, 15) is 4.79 Å². The van der Waals surface area contributed by atoms with Crippen LogP contribution in [-0.4, -0.2) is 16.3 Å². The van der Waals surface area contributed by atoms with E-state index in [1.165, 1.54) is 0 Å². The highest BCUT2D eigenvalue weighted by atomic mass is 16.2. The highest BCUT2D eigenvalue weighted by Gasteiger charge is 2.52. The van der Waals surface area contributed by atoms with E-state index < -0.39 is 5.54 Å². The fourth-order valence-electron chi connectivity index (χ4n) is 2.44. The SMILES string of the molecule is O=C1N[N+](c2ccccc2)=NC12CCCC2. The predicted molar refractivity (Wildman–Crippen MR) is 58.1 cm³/mol. The molecule has 3 rings (SSSR count). The number of rotatable bonds is 1. The Balaban J connectivity index is 1.97. The monoisotopic (exact) mass is 216 g/mol. The molecule has 0 unspecified atom stereocenters. The van der Waals surface area contributed by atoms with Crippen molar-refractivity contribution in [2.45, 2.75) is 31.2 Å². The lowest BCUT2D eigenvalue weighted by Gasteiger charge is -2.06. The standard InChI is InChI=1S/C12H13N3O/c16-11-12(8-4-5-9-12)14-15(13-11)10-6-2-1-3-7-10/h1-3,6-7H,4-5,8-9H2/p+1. The van der Waals surface area contributed by atoms with Gasteiger partial charge in [0.2, 0.25) is 5.54 Å². The number of nitrogens with one attached hydrogen (secondary N) is 1. The zero-order chi connectivity index (χ0) is 11.0. The Morgan fingerprint density at radius 3 is 2.56 bits per heavy atom. The molecule has 1 heterocycles. The minimum Gasteiger partial charge on any atom is -0.266 e. The van der Waals surface area contributed by atoms with E-state index >= 15 is 0 Å². The zero-order valence-electron chi connectivity index (χ0n) is 9.02. The van der Waals surface area contributed by atoms with E-state index in [2.05, 4.69) is 10.5 Å². The number of hydrogen-bond donors (Lipinski definition) is 1. The van der Waals surface area contributed by atoms with Crippen LogP contribution >= 0.6 is 0 Å². The Hall–Kier alpha value is -1.71. The van der Waals surface area contributed by atoms with Crippen molar-refractivity contribution >= 4 is 11.6 Å². The van der Waals surface area contributed by atoms with Crippen molar-refractivity contribution in [1.82, 2.24) is 5.43 Å². The van der Waals surface area contributed by atoms with Gasteiger partial charge in [-0.05, 0) is 12.8 Å². The highest BCUT2D eigenvalue weighted by molar-refractivity contribution is 5.86. The van der Waals surface area contributed by atoms with Crippen LogP contribution < -0.4 is 5.43 Å². The van der Waals surface area contributed by atoms with E-state index in [0.717, 1.165) is 31.4 Å². The van der Waals surface area contributed by atoms with E-state index in [0.29, 0.717) is 0 Å². The molecule has 0 bridgehead atoms. The summed E-state index contributed by atoms with van der Waals surface area (Å²) in [5.41, 5.74) is 3.27. The molecule has 4 nitrogen and oxygen atoms in total. The molecule has 1 saturated carbocycles. The third kappa shape index (κ3) is 1.33. The number of carbonyl (C=O) groups excluding carboxylic acids is 1. The number of para-hydroxylation sites is 1. The first-order chi connectivity index (χ1) is 7.80. The number of hydrazine groups is 1. The number of azo groups is 1. The molecule has 1 amide bonds. The molecule has 16 heavy (non-hydrogen) atoms. The average molecular weight is 216 g/mol. The maximum atomic E-state index is 11.9. The smallest absolute Gasteiger partial charge is 0.266 e. The van der Waals surface area contributed by atoms with Crippen LogP contribution in [0.4, 0.5) is 5.69 Å². The van der Waals surface area contributed by atoms with Gasteiger partial charge in [0.05, 0.1) is 0 Å². The molecule has 4 heteroatoms. The van der Waals surface area contributed by atoms with Crippen LogP contribution in [0.5, 0.6) is 0 Å². The maximum Gasteiger partial charge on any atom is 0.311 e. The molecule has 1 spiro atoms. The second kappa shape index (κ2) is 3.40. The summed E-state index contributed by atoms with van der Waals surface area (Å²) in [6.45, 7) is 0. The number of carbonyl (C=O) groups is 1. The van der Waals surface area contributed by atoms with Gasteiger partial charge in [-0.15, -0.1) is 0 Å².